The molecule has 0 aliphatic carbocycles. The van der Waals surface area contributed by atoms with Crippen LogP contribution in [0.3, 0.4) is 0 Å². The van der Waals surface area contributed by atoms with Gasteiger partial charge in [0.15, 0.2) is 0 Å². The SMILES string of the molecule is Nc1ccc(Br)c(C(=O)NCCC(=O)N2CCOCC2)c1. The van der Waals surface area contributed by atoms with Gasteiger partial charge in [0.2, 0.25) is 5.91 Å². The molecule has 0 spiro atoms. The largest absolute Gasteiger partial charge is 0.399 e. The molecule has 1 heterocycles. The van der Waals surface area contributed by atoms with Crippen LogP contribution < -0.4 is 11.1 Å². The van der Waals surface area contributed by atoms with Gasteiger partial charge in [0, 0.05) is 36.2 Å². The van der Waals surface area contributed by atoms with Crippen LogP contribution in [0, 0.1) is 0 Å². The Labute approximate surface area is 131 Å². The van der Waals surface area contributed by atoms with Crippen LogP contribution in [0.25, 0.3) is 0 Å². The molecule has 7 heteroatoms. The summed E-state index contributed by atoms with van der Waals surface area (Å²) >= 11 is 3.31. The number of nitrogens with zero attached hydrogens (tertiary/aromatic N) is 1. The first-order valence-electron chi connectivity index (χ1n) is 6.76. The zero-order chi connectivity index (χ0) is 15.2. The number of rotatable bonds is 4. The fourth-order valence-electron chi connectivity index (χ4n) is 2.07. The molecular formula is C14H18BrN3O3. The van der Waals surface area contributed by atoms with E-state index >= 15 is 0 Å². The van der Waals surface area contributed by atoms with E-state index < -0.39 is 0 Å². The normalized spacial score (nSPS) is 14.8. The van der Waals surface area contributed by atoms with Crippen molar-refractivity contribution in [2.24, 2.45) is 0 Å². The minimum absolute atomic E-state index is 0.0326. The Morgan fingerprint density at radius 2 is 2.05 bits per heavy atom. The van der Waals surface area contributed by atoms with Gasteiger partial charge >= 0.3 is 0 Å². The van der Waals surface area contributed by atoms with E-state index in [2.05, 4.69) is 21.2 Å². The average Bonchev–Trinajstić information content (AvgIpc) is 2.50. The molecule has 1 aromatic rings. The molecule has 2 rings (SSSR count). The fraction of sp³-hybridized carbons (Fsp3) is 0.429. The molecule has 0 bridgehead atoms. The number of anilines is 1. The highest BCUT2D eigenvalue weighted by Gasteiger charge is 2.17. The van der Waals surface area contributed by atoms with Crippen molar-refractivity contribution in [2.45, 2.75) is 6.42 Å². The smallest absolute Gasteiger partial charge is 0.252 e. The van der Waals surface area contributed by atoms with Gasteiger partial charge in [-0.2, -0.15) is 0 Å². The van der Waals surface area contributed by atoms with Gasteiger partial charge in [-0.05, 0) is 34.1 Å². The molecular weight excluding hydrogens is 338 g/mol. The Kier molecular flexibility index (Phi) is 5.58. The lowest BCUT2D eigenvalue weighted by molar-refractivity contribution is -0.135. The molecule has 1 aliphatic rings. The number of carbonyl (C=O) groups is 2. The summed E-state index contributed by atoms with van der Waals surface area (Å²) in [7, 11) is 0. The highest BCUT2D eigenvalue weighted by atomic mass is 79.9. The first kappa shape index (κ1) is 15.8. The van der Waals surface area contributed by atoms with E-state index in [0.717, 1.165) is 0 Å². The summed E-state index contributed by atoms with van der Waals surface area (Å²) in [5.74, 6) is -0.214. The molecule has 114 valence electrons. The molecule has 1 aromatic carbocycles. The first-order valence-corrected chi connectivity index (χ1v) is 7.56. The Morgan fingerprint density at radius 3 is 2.76 bits per heavy atom. The summed E-state index contributed by atoms with van der Waals surface area (Å²) in [6.45, 7) is 2.69. The molecule has 0 aromatic heterocycles. The summed E-state index contributed by atoms with van der Waals surface area (Å²) < 4.78 is 5.87. The molecule has 1 fully saturated rings. The van der Waals surface area contributed by atoms with Gasteiger partial charge in [-0.3, -0.25) is 9.59 Å². The van der Waals surface area contributed by atoms with Crippen LogP contribution in [0.5, 0.6) is 0 Å². The number of benzene rings is 1. The van der Waals surface area contributed by atoms with Crippen LogP contribution in [0.4, 0.5) is 5.69 Å². The third kappa shape index (κ3) is 4.44. The molecule has 0 saturated carbocycles. The molecule has 0 unspecified atom stereocenters. The van der Waals surface area contributed by atoms with E-state index in [-0.39, 0.29) is 18.2 Å². The van der Waals surface area contributed by atoms with Crippen molar-refractivity contribution >= 4 is 33.4 Å². The van der Waals surface area contributed by atoms with Crippen molar-refractivity contribution in [3.63, 3.8) is 0 Å². The molecule has 3 N–H and O–H groups in total. The standard InChI is InChI=1S/C14H18BrN3O3/c15-12-2-1-10(16)9-11(12)14(20)17-4-3-13(19)18-5-7-21-8-6-18/h1-2,9H,3-8,16H2,(H,17,20). The minimum atomic E-state index is -0.246. The molecule has 1 saturated heterocycles. The monoisotopic (exact) mass is 355 g/mol. The van der Waals surface area contributed by atoms with Gasteiger partial charge in [0.25, 0.3) is 5.91 Å². The number of ether oxygens (including phenoxy) is 1. The van der Waals surface area contributed by atoms with Crippen molar-refractivity contribution in [2.75, 3.05) is 38.6 Å². The maximum Gasteiger partial charge on any atom is 0.252 e. The van der Waals surface area contributed by atoms with Crippen molar-refractivity contribution in [3.8, 4) is 0 Å². The van der Waals surface area contributed by atoms with E-state index in [0.29, 0.717) is 48.6 Å². The van der Waals surface area contributed by atoms with Crippen molar-refractivity contribution in [1.29, 1.82) is 0 Å². The second-order valence-electron chi connectivity index (χ2n) is 4.74. The summed E-state index contributed by atoms with van der Waals surface area (Å²) in [6, 6.07) is 5.04. The van der Waals surface area contributed by atoms with E-state index in [1.807, 2.05) is 0 Å². The zero-order valence-corrected chi connectivity index (χ0v) is 13.2. The van der Waals surface area contributed by atoms with Crippen molar-refractivity contribution < 1.29 is 14.3 Å². The number of halogens is 1. The lowest BCUT2D eigenvalue weighted by atomic mass is 10.2. The molecule has 21 heavy (non-hydrogen) atoms. The number of morpholine rings is 1. The number of nitrogens with one attached hydrogen (secondary N) is 1. The number of hydrogen-bond acceptors (Lipinski definition) is 4. The Balaban J connectivity index is 1.81. The maximum absolute atomic E-state index is 12.0. The quantitative estimate of drug-likeness (QED) is 0.789. The van der Waals surface area contributed by atoms with Crippen molar-refractivity contribution in [1.82, 2.24) is 10.2 Å². The van der Waals surface area contributed by atoms with Gasteiger partial charge < -0.3 is 20.7 Å². The fourth-order valence-corrected chi connectivity index (χ4v) is 2.49. The third-order valence-electron chi connectivity index (χ3n) is 3.22. The van der Waals surface area contributed by atoms with Crippen LogP contribution in [0.15, 0.2) is 22.7 Å². The topological polar surface area (TPSA) is 84.7 Å². The van der Waals surface area contributed by atoms with Crippen LogP contribution in [-0.4, -0.2) is 49.6 Å². The highest BCUT2D eigenvalue weighted by Crippen LogP contribution is 2.19. The zero-order valence-electron chi connectivity index (χ0n) is 11.6. The Hall–Kier alpha value is -1.60. The Morgan fingerprint density at radius 1 is 1.33 bits per heavy atom. The lowest BCUT2D eigenvalue weighted by Gasteiger charge is -2.26. The second-order valence-corrected chi connectivity index (χ2v) is 5.59. The maximum atomic E-state index is 12.0. The van der Waals surface area contributed by atoms with Crippen LogP contribution in [-0.2, 0) is 9.53 Å². The summed E-state index contributed by atoms with van der Waals surface area (Å²) in [5, 5.41) is 2.73. The first-order chi connectivity index (χ1) is 10.1. The van der Waals surface area contributed by atoms with Crippen LogP contribution >= 0.6 is 15.9 Å². The number of carbonyl (C=O) groups excluding carboxylic acids is 2. The van der Waals surface area contributed by atoms with E-state index in [1.54, 1.807) is 23.1 Å². The molecule has 6 nitrogen and oxygen atoms in total. The van der Waals surface area contributed by atoms with Gasteiger partial charge in [-0.1, -0.05) is 0 Å². The van der Waals surface area contributed by atoms with Gasteiger partial charge in [0.05, 0.1) is 18.8 Å². The molecule has 2 amide bonds. The summed E-state index contributed by atoms with van der Waals surface area (Å²) in [6.07, 6.45) is 0.283. The van der Waals surface area contributed by atoms with Crippen molar-refractivity contribution in [3.05, 3.63) is 28.2 Å². The molecule has 0 atom stereocenters. The van der Waals surface area contributed by atoms with Crippen LogP contribution in [0.1, 0.15) is 16.8 Å². The van der Waals surface area contributed by atoms with Gasteiger partial charge in [-0.25, -0.2) is 0 Å². The Bertz CT molecular complexity index is 530. The summed E-state index contributed by atoms with van der Waals surface area (Å²) in [4.78, 5) is 25.7. The molecule has 0 radical (unpaired) electrons. The average molecular weight is 356 g/mol. The second kappa shape index (κ2) is 7.42. The number of amides is 2. The molecule has 1 aliphatic heterocycles. The lowest BCUT2D eigenvalue weighted by Crippen LogP contribution is -2.42. The number of hydrogen-bond donors (Lipinski definition) is 2. The number of nitrogen functional groups attached to an aromatic ring is 1. The number of nitrogens with two attached hydrogens (primary N) is 1. The third-order valence-corrected chi connectivity index (χ3v) is 3.91. The summed E-state index contributed by atoms with van der Waals surface area (Å²) in [5.41, 5.74) is 6.65. The van der Waals surface area contributed by atoms with Crippen LogP contribution in [0.2, 0.25) is 0 Å². The van der Waals surface area contributed by atoms with E-state index in [9.17, 15) is 9.59 Å². The predicted molar refractivity (Wildman–Crippen MR) is 82.9 cm³/mol. The van der Waals surface area contributed by atoms with Gasteiger partial charge in [0.1, 0.15) is 0 Å². The predicted octanol–water partition coefficient (Wildman–Crippen LogP) is 1.01. The minimum Gasteiger partial charge on any atom is -0.399 e. The van der Waals surface area contributed by atoms with E-state index in [4.69, 9.17) is 10.5 Å². The van der Waals surface area contributed by atoms with Gasteiger partial charge in [-0.15, -0.1) is 0 Å². The van der Waals surface area contributed by atoms with E-state index in [1.165, 1.54) is 0 Å². The highest BCUT2D eigenvalue weighted by molar-refractivity contribution is 9.10.